The van der Waals surface area contributed by atoms with Gasteiger partial charge in [0.2, 0.25) is 0 Å². The first-order valence-electron chi connectivity index (χ1n) is 8.89. The number of nitrogens with zero attached hydrogens (tertiary/aromatic N) is 1. The van der Waals surface area contributed by atoms with Gasteiger partial charge in [-0.3, -0.25) is 0 Å². The van der Waals surface area contributed by atoms with Gasteiger partial charge in [-0.1, -0.05) is 30.3 Å². The summed E-state index contributed by atoms with van der Waals surface area (Å²) in [5.41, 5.74) is 1.69. The van der Waals surface area contributed by atoms with Gasteiger partial charge in [0.15, 0.2) is 15.8 Å². The number of para-hydroxylation sites is 1. The number of nitrogens with one attached hydrogen (secondary N) is 2. The van der Waals surface area contributed by atoms with Gasteiger partial charge in [0.05, 0.1) is 18.0 Å². The summed E-state index contributed by atoms with van der Waals surface area (Å²) in [4.78, 5) is 4.91. The Labute approximate surface area is 184 Å². The van der Waals surface area contributed by atoms with Crippen molar-refractivity contribution in [2.24, 2.45) is 4.99 Å². The molecule has 2 aromatic carbocycles. The van der Waals surface area contributed by atoms with Crippen LogP contribution in [-0.2, 0) is 16.4 Å². The highest BCUT2D eigenvalue weighted by molar-refractivity contribution is 14.0. The summed E-state index contributed by atoms with van der Waals surface area (Å²) < 4.78 is 29.1. The quantitative estimate of drug-likeness (QED) is 0.244. The minimum Gasteiger partial charge on any atom is -0.492 e. The maximum Gasteiger partial charge on any atom is 0.191 e. The first-order chi connectivity index (χ1) is 12.9. The van der Waals surface area contributed by atoms with Crippen LogP contribution in [0.5, 0.6) is 5.75 Å². The van der Waals surface area contributed by atoms with E-state index in [1.807, 2.05) is 43.3 Å². The predicted octanol–water partition coefficient (Wildman–Crippen LogP) is 3.15. The van der Waals surface area contributed by atoms with E-state index in [0.29, 0.717) is 30.6 Å². The number of aliphatic imine (C=N–C) groups is 1. The molecule has 0 heterocycles. The Morgan fingerprint density at radius 2 is 1.82 bits per heavy atom. The highest BCUT2D eigenvalue weighted by atomic mass is 127. The third-order valence-electron chi connectivity index (χ3n) is 3.81. The zero-order valence-corrected chi connectivity index (χ0v) is 19.6. The van der Waals surface area contributed by atoms with Crippen LogP contribution in [0.3, 0.4) is 0 Å². The molecular weight excluding hydrogens is 489 g/mol. The van der Waals surface area contributed by atoms with Crippen LogP contribution in [0, 0.1) is 6.92 Å². The second-order valence-corrected chi connectivity index (χ2v) is 8.14. The summed E-state index contributed by atoms with van der Waals surface area (Å²) in [5.74, 6) is 1.53. The summed E-state index contributed by atoms with van der Waals surface area (Å²) in [5, 5.41) is 6.42. The number of benzene rings is 2. The average molecular weight is 517 g/mol. The van der Waals surface area contributed by atoms with Crippen molar-refractivity contribution in [2.75, 3.05) is 26.0 Å². The zero-order valence-electron chi connectivity index (χ0n) is 16.4. The molecule has 0 bridgehead atoms. The van der Waals surface area contributed by atoms with Crippen molar-refractivity contribution in [3.05, 3.63) is 59.7 Å². The Kier molecular flexibility index (Phi) is 10.3. The van der Waals surface area contributed by atoms with Gasteiger partial charge in [-0.05, 0) is 43.2 Å². The number of aryl methyl sites for hydroxylation is 1. The van der Waals surface area contributed by atoms with E-state index < -0.39 is 9.84 Å². The lowest BCUT2D eigenvalue weighted by Gasteiger charge is -2.12. The summed E-state index contributed by atoms with van der Waals surface area (Å²) in [7, 11) is -3.20. The van der Waals surface area contributed by atoms with Crippen molar-refractivity contribution in [1.82, 2.24) is 10.6 Å². The van der Waals surface area contributed by atoms with Crippen molar-refractivity contribution in [3.8, 4) is 5.75 Å². The highest BCUT2D eigenvalue weighted by Crippen LogP contribution is 2.17. The lowest BCUT2D eigenvalue weighted by molar-refractivity contribution is 0.322. The molecule has 0 saturated carbocycles. The molecule has 0 aliphatic rings. The van der Waals surface area contributed by atoms with Gasteiger partial charge in [-0.2, -0.15) is 0 Å². The number of sulfone groups is 1. The summed E-state index contributed by atoms with van der Waals surface area (Å²) >= 11 is 0. The van der Waals surface area contributed by atoms with Gasteiger partial charge < -0.3 is 15.4 Å². The standard InChI is InChI=1S/C20H27N3O3S.HI/c1-4-21-20(22-12-13-26-18-8-6-5-7-9-18)23-15-17-10-11-19(16(2)14-17)27(3,24)25;/h5-11,14H,4,12-13,15H2,1-3H3,(H2,21,22,23);1H. The van der Waals surface area contributed by atoms with Gasteiger partial charge in [0.1, 0.15) is 12.4 Å². The number of rotatable bonds is 8. The molecule has 0 atom stereocenters. The Hall–Kier alpha value is -1.81. The predicted molar refractivity (Wildman–Crippen MR) is 124 cm³/mol. The number of halogens is 1. The SMILES string of the molecule is CCNC(=NCc1ccc(S(C)(=O)=O)c(C)c1)NCCOc1ccccc1.I. The van der Waals surface area contributed by atoms with E-state index in [-0.39, 0.29) is 24.0 Å². The minimum atomic E-state index is -3.20. The Morgan fingerprint density at radius 3 is 2.43 bits per heavy atom. The molecule has 0 saturated heterocycles. The molecule has 0 radical (unpaired) electrons. The van der Waals surface area contributed by atoms with E-state index in [2.05, 4.69) is 15.6 Å². The maximum atomic E-state index is 11.7. The molecule has 0 amide bonds. The van der Waals surface area contributed by atoms with Gasteiger partial charge >= 0.3 is 0 Å². The first-order valence-corrected chi connectivity index (χ1v) is 10.8. The smallest absolute Gasteiger partial charge is 0.191 e. The molecule has 0 aromatic heterocycles. The van der Waals surface area contributed by atoms with E-state index in [1.54, 1.807) is 19.1 Å². The highest BCUT2D eigenvalue weighted by Gasteiger charge is 2.10. The Morgan fingerprint density at radius 1 is 1.11 bits per heavy atom. The number of guanidine groups is 1. The molecule has 28 heavy (non-hydrogen) atoms. The van der Waals surface area contributed by atoms with E-state index in [0.717, 1.165) is 23.4 Å². The fraction of sp³-hybridized carbons (Fsp3) is 0.350. The monoisotopic (exact) mass is 517 g/mol. The van der Waals surface area contributed by atoms with Crippen LogP contribution >= 0.6 is 24.0 Å². The largest absolute Gasteiger partial charge is 0.492 e. The van der Waals surface area contributed by atoms with E-state index in [1.165, 1.54) is 6.26 Å². The molecule has 154 valence electrons. The molecule has 2 N–H and O–H groups in total. The van der Waals surface area contributed by atoms with E-state index in [9.17, 15) is 8.42 Å². The molecule has 2 aromatic rings. The topological polar surface area (TPSA) is 79.8 Å². The van der Waals surface area contributed by atoms with Crippen LogP contribution < -0.4 is 15.4 Å². The third kappa shape index (κ3) is 8.05. The maximum absolute atomic E-state index is 11.7. The van der Waals surface area contributed by atoms with Crippen LogP contribution in [0.2, 0.25) is 0 Å². The molecule has 0 fully saturated rings. The fourth-order valence-corrected chi connectivity index (χ4v) is 3.55. The van der Waals surface area contributed by atoms with E-state index >= 15 is 0 Å². The van der Waals surface area contributed by atoms with Gasteiger partial charge in [0.25, 0.3) is 0 Å². The minimum absolute atomic E-state index is 0. The van der Waals surface area contributed by atoms with Crippen molar-refractivity contribution in [2.45, 2.75) is 25.3 Å². The number of ether oxygens (including phenoxy) is 1. The second-order valence-electron chi connectivity index (χ2n) is 6.16. The van der Waals surface area contributed by atoms with E-state index in [4.69, 9.17) is 4.74 Å². The Balaban J connectivity index is 0.00000392. The van der Waals surface area contributed by atoms with Crippen LogP contribution in [0.1, 0.15) is 18.1 Å². The zero-order chi connectivity index (χ0) is 19.7. The van der Waals surface area contributed by atoms with Crippen molar-refractivity contribution in [3.63, 3.8) is 0 Å². The molecule has 0 unspecified atom stereocenters. The van der Waals surface area contributed by atoms with Gasteiger partial charge in [-0.25, -0.2) is 13.4 Å². The van der Waals surface area contributed by atoms with Crippen molar-refractivity contribution in [1.29, 1.82) is 0 Å². The normalized spacial score (nSPS) is 11.5. The number of hydrogen-bond acceptors (Lipinski definition) is 4. The molecule has 0 aliphatic carbocycles. The van der Waals surface area contributed by atoms with Gasteiger partial charge in [-0.15, -0.1) is 24.0 Å². The number of hydrogen-bond donors (Lipinski definition) is 2. The molecule has 2 rings (SSSR count). The molecule has 0 aliphatic heterocycles. The molecule has 0 spiro atoms. The fourth-order valence-electron chi connectivity index (χ4n) is 2.59. The Bertz CT molecular complexity index is 872. The molecule has 6 nitrogen and oxygen atoms in total. The molecule has 8 heteroatoms. The van der Waals surface area contributed by atoms with Crippen LogP contribution in [0.4, 0.5) is 0 Å². The van der Waals surface area contributed by atoms with Crippen molar-refractivity contribution >= 4 is 39.8 Å². The van der Waals surface area contributed by atoms with Crippen LogP contribution in [0.15, 0.2) is 58.4 Å². The summed E-state index contributed by atoms with van der Waals surface area (Å²) in [6.07, 6.45) is 1.22. The van der Waals surface area contributed by atoms with Crippen LogP contribution in [-0.4, -0.2) is 40.3 Å². The lowest BCUT2D eigenvalue weighted by atomic mass is 10.1. The van der Waals surface area contributed by atoms with Gasteiger partial charge in [0, 0.05) is 12.8 Å². The lowest BCUT2D eigenvalue weighted by Crippen LogP contribution is -2.39. The third-order valence-corrected chi connectivity index (χ3v) is 5.07. The van der Waals surface area contributed by atoms with Crippen molar-refractivity contribution < 1.29 is 13.2 Å². The summed E-state index contributed by atoms with van der Waals surface area (Å²) in [6, 6.07) is 15.0. The first kappa shape index (κ1) is 24.2. The summed E-state index contributed by atoms with van der Waals surface area (Å²) in [6.45, 7) is 6.15. The average Bonchev–Trinajstić information content (AvgIpc) is 2.63. The second kappa shape index (κ2) is 11.9. The molecular formula is C20H28IN3O3S. The van der Waals surface area contributed by atoms with Crippen LogP contribution in [0.25, 0.3) is 0 Å².